The number of likely N-dealkylation sites (tertiary alicyclic amines) is 1. The standard InChI is InChI=1S/C32H39FN6O2/c1-4-23-8-5-9-24-10-6-12-28(29(23)24)39-15-13-26-27(20-39)34-32(41-21-25-11-7-14-36(25)3)35-30(26)37-16-18-38(19-17-37)31(40)22(2)33/h5-6,8-10,12,25H,2,4,7,11,13-21H2,1,3H3/t25-/m0/s1. The van der Waals surface area contributed by atoms with Crippen LogP contribution in [0.3, 0.4) is 0 Å². The van der Waals surface area contributed by atoms with Crippen LogP contribution in [0.2, 0.25) is 0 Å². The lowest BCUT2D eigenvalue weighted by molar-refractivity contribution is -0.128. The highest BCUT2D eigenvalue weighted by Gasteiger charge is 2.30. The van der Waals surface area contributed by atoms with Crippen LogP contribution in [0.1, 0.15) is 36.6 Å². The van der Waals surface area contributed by atoms with Crippen molar-refractivity contribution in [3.05, 3.63) is 65.6 Å². The molecule has 3 aliphatic rings. The maximum atomic E-state index is 13.5. The van der Waals surface area contributed by atoms with E-state index in [1.807, 2.05) is 0 Å². The second kappa shape index (κ2) is 11.6. The van der Waals surface area contributed by atoms with Crippen molar-refractivity contribution in [2.45, 2.75) is 45.2 Å². The average Bonchev–Trinajstić information content (AvgIpc) is 3.42. The van der Waals surface area contributed by atoms with Crippen LogP contribution >= 0.6 is 0 Å². The smallest absolute Gasteiger partial charge is 0.318 e. The topological polar surface area (TPSA) is 65.0 Å². The minimum Gasteiger partial charge on any atom is -0.462 e. The zero-order valence-electron chi connectivity index (χ0n) is 24.1. The molecule has 2 fully saturated rings. The van der Waals surface area contributed by atoms with Crippen LogP contribution in [-0.4, -0.2) is 84.6 Å². The maximum absolute atomic E-state index is 13.5. The highest BCUT2D eigenvalue weighted by Crippen LogP contribution is 2.36. The van der Waals surface area contributed by atoms with Gasteiger partial charge in [-0.1, -0.05) is 43.8 Å². The van der Waals surface area contributed by atoms with E-state index >= 15 is 0 Å². The number of benzene rings is 2. The number of rotatable bonds is 7. The van der Waals surface area contributed by atoms with Crippen LogP contribution in [0.4, 0.5) is 15.9 Å². The molecule has 2 aromatic carbocycles. The number of carbonyl (C=O) groups is 1. The van der Waals surface area contributed by atoms with Crippen LogP contribution in [-0.2, 0) is 24.2 Å². The van der Waals surface area contributed by atoms with Gasteiger partial charge in [0.25, 0.3) is 5.91 Å². The normalized spacial score (nSPS) is 19.5. The second-order valence-corrected chi connectivity index (χ2v) is 11.3. The Morgan fingerprint density at radius 3 is 2.54 bits per heavy atom. The summed E-state index contributed by atoms with van der Waals surface area (Å²) in [5.41, 5.74) is 4.70. The fraction of sp³-hybridized carbons (Fsp3) is 0.469. The predicted octanol–water partition coefficient (Wildman–Crippen LogP) is 4.36. The number of hydrogen-bond donors (Lipinski definition) is 0. The Morgan fingerprint density at radius 2 is 1.83 bits per heavy atom. The Bertz CT molecular complexity index is 1450. The molecule has 216 valence electrons. The van der Waals surface area contributed by atoms with Gasteiger partial charge in [0.2, 0.25) is 0 Å². The molecule has 2 saturated heterocycles. The van der Waals surface area contributed by atoms with Crippen molar-refractivity contribution in [1.82, 2.24) is 19.8 Å². The van der Waals surface area contributed by atoms with Crippen LogP contribution in [0.15, 0.2) is 48.8 Å². The van der Waals surface area contributed by atoms with E-state index in [2.05, 4.69) is 71.6 Å². The molecule has 4 heterocycles. The fourth-order valence-electron chi connectivity index (χ4n) is 6.53. The van der Waals surface area contributed by atoms with Crippen LogP contribution in [0.25, 0.3) is 10.8 Å². The minimum atomic E-state index is -0.912. The summed E-state index contributed by atoms with van der Waals surface area (Å²) in [7, 11) is 2.14. The number of anilines is 2. The molecule has 0 spiro atoms. The number of nitrogens with zero attached hydrogens (tertiary/aromatic N) is 6. The number of halogens is 1. The number of hydrogen-bond acceptors (Lipinski definition) is 7. The van der Waals surface area contributed by atoms with E-state index in [1.54, 1.807) is 0 Å². The van der Waals surface area contributed by atoms with Gasteiger partial charge in [0, 0.05) is 55.4 Å². The van der Waals surface area contributed by atoms with Gasteiger partial charge in [-0.25, -0.2) is 4.39 Å². The maximum Gasteiger partial charge on any atom is 0.318 e. The molecular formula is C32H39FN6O2. The molecule has 3 aliphatic heterocycles. The van der Waals surface area contributed by atoms with Crippen molar-refractivity contribution in [2.75, 3.05) is 62.7 Å². The van der Waals surface area contributed by atoms with Crippen LogP contribution in [0, 0.1) is 0 Å². The first-order chi connectivity index (χ1) is 19.9. The number of carbonyl (C=O) groups excluding carboxylic acids is 1. The number of aryl methyl sites for hydroxylation is 1. The quantitative estimate of drug-likeness (QED) is 0.400. The van der Waals surface area contributed by atoms with Gasteiger partial charge < -0.3 is 24.3 Å². The van der Waals surface area contributed by atoms with Gasteiger partial charge in [-0.3, -0.25) is 4.79 Å². The van der Waals surface area contributed by atoms with Gasteiger partial charge in [0.1, 0.15) is 12.4 Å². The van der Waals surface area contributed by atoms with Crippen molar-refractivity contribution in [3.63, 3.8) is 0 Å². The first-order valence-corrected chi connectivity index (χ1v) is 14.8. The second-order valence-electron chi connectivity index (χ2n) is 11.3. The third kappa shape index (κ3) is 5.47. The van der Waals surface area contributed by atoms with Gasteiger partial charge >= 0.3 is 6.01 Å². The van der Waals surface area contributed by atoms with E-state index in [4.69, 9.17) is 14.7 Å². The summed E-state index contributed by atoms with van der Waals surface area (Å²) in [4.78, 5) is 30.5. The van der Waals surface area contributed by atoms with E-state index in [9.17, 15) is 9.18 Å². The van der Waals surface area contributed by atoms with Gasteiger partial charge in [-0.2, -0.15) is 9.97 Å². The molecular weight excluding hydrogens is 519 g/mol. The first kappa shape index (κ1) is 27.4. The summed E-state index contributed by atoms with van der Waals surface area (Å²) >= 11 is 0. The molecule has 0 bridgehead atoms. The fourth-order valence-corrected chi connectivity index (χ4v) is 6.53. The van der Waals surface area contributed by atoms with Crippen molar-refractivity contribution < 1.29 is 13.9 Å². The predicted molar refractivity (Wildman–Crippen MR) is 160 cm³/mol. The highest BCUT2D eigenvalue weighted by molar-refractivity contribution is 5.97. The number of aromatic nitrogens is 2. The summed E-state index contributed by atoms with van der Waals surface area (Å²) < 4.78 is 19.8. The Morgan fingerprint density at radius 1 is 1.05 bits per heavy atom. The molecule has 3 aromatic rings. The highest BCUT2D eigenvalue weighted by atomic mass is 19.1. The molecule has 1 atom stereocenters. The lowest BCUT2D eigenvalue weighted by atomic mass is 9.98. The molecule has 1 aromatic heterocycles. The first-order valence-electron chi connectivity index (χ1n) is 14.8. The number of ether oxygens (including phenoxy) is 1. The Balaban J connectivity index is 1.31. The van der Waals surface area contributed by atoms with Crippen molar-refractivity contribution in [3.8, 4) is 6.01 Å². The largest absolute Gasteiger partial charge is 0.462 e. The summed E-state index contributed by atoms with van der Waals surface area (Å²) in [5, 5.41) is 2.57. The van der Waals surface area contributed by atoms with E-state index in [0.717, 1.165) is 49.4 Å². The van der Waals surface area contributed by atoms with Gasteiger partial charge in [-0.15, -0.1) is 0 Å². The minimum absolute atomic E-state index is 0.362. The SMILES string of the molecule is C=C(F)C(=O)N1CCN(c2nc(OC[C@@H]3CCCN3C)nc3c2CCN(c2cccc4cccc(CC)c24)C3)CC1. The Hall–Kier alpha value is -3.72. The molecule has 0 N–H and O–H groups in total. The van der Waals surface area contributed by atoms with Gasteiger partial charge in [0.05, 0.1) is 12.2 Å². The summed E-state index contributed by atoms with van der Waals surface area (Å²) in [6.45, 7) is 10.5. The Kier molecular flexibility index (Phi) is 7.79. The number of amides is 1. The van der Waals surface area contributed by atoms with E-state index in [-0.39, 0.29) is 0 Å². The molecule has 6 rings (SSSR count). The summed E-state index contributed by atoms with van der Waals surface area (Å²) in [6.07, 6.45) is 4.07. The summed E-state index contributed by atoms with van der Waals surface area (Å²) in [6, 6.07) is 13.9. The molecule has 0 radical (unpaired) electrons. The molecule has 0 saturated carbocycles. The number of fused-ring (bicyclic) bond motifs is 2. The molecule has 0 aliphatic carbocycles. The van der Waals surface area contributed by atoms with Crippen LogP contribution in [0.5, 0.6) is 6.01 Å². The van der Waals surface area contributed by atoms with Crippen molar-refractivity contribution in [1.29, 1.82) is 0 Å². The Labute approximate surface area is 241 Å². The van der Waals surface area contributed by atoms with Gasteiger partial charge in [0.15, 0.2) is 5.83 Å². The van der Waals surface area contributed by atoms with E-state index in [1.165, 1.54) is 33.3 Å². The molecule has 8 nitrogen and oxygen atoms in total. The van der Waals surface area contributed by atoms with Gasteiger partial charge in [-0.05, 0) is 56.3 Å². The summed E-state index contributed by atoms with van der Waals surface area (Å²) in [5.74, 6) is -0.663. The molecule has 0 unspecified atom stereocenters. The molecule has 1 amide bonds. The third-order valence-electron chi connectivity index (χ3n) is 8.89. The monoisotopic (exact) mass is 558 g/mol. The van der Waals surface area contributed by atoms with E-state index < -0.39 is 11.7 Å². The third-order valence-corrected chi connectivity index (χ3v) is 8.89. The number of piperazine rings is 1. The van der Waals surface area contributed by atoms with Crippen molar-refractivity contribution >= 4 is 28.2 Å². The number of likely N-dealkylation sites (N-methyl/N-ethyl adjacent to an activating group) is 1. The van der Waals surface area contributed by atoms with E-state index in [0.29, 0.717) is 51.4 Å². The zero-order valence-corrected chi connectivity index (χ0v) is 24.1. The van der Waals surface area contributed by atoms with Crippen LogP contribution < -0.4 is 14.5 Å². The lowest BCUT2D eigenvalue weighted by Gasteiger charge is -2.38. The molecule has 9 heteroatoms. The molecule has 41 heavy (non-hydrogen) atoms. The van der Waals surface area contributed by atoms with Crippen molar-refractivity contribution in [2.24, 2.45) is 0 Å². The zero-order chi connectivity index (χ0) is 28.5. The lowest BCUT2D eigenvalue weighted by Crippen LogP contribution is -2.49. The average molecular weight is 559 g/mol.